The Morgan fingerprint density at radius 2 is 1.90 bits per heavy atom. The van der Waals surface area contributed by atoms with Crippen LogP contribution >= 0.6 is 24.0 Å². The summed E-state index contributed by atoms with van der Waals surface area (Å²) in [4.78, 5) is 11.2. The molecule has 166 valence electrons. The van der Waals surface area contributed by atoms with Gasteiger partial charge in [0, 0.05) is 43.5 Å². The molecule has 0 aliphatic rings. The van der Waals surface area contributed by atoms with Crippen molar-refractivity contribution in [3.05, 3.63) is 58.9 Å². The number of aliphatic imine (C=N–C) groups is 1. The third-order valence-corrected chi connectivity index (χ3v) is 5.28. The van der Waals surface area contributed by atoms with Gasteiger partial charge < -0.3 is 15.4 Å². The lowest BCUT2D eigenvalue weighted by Gasteiger charge is -2.25. The number of nitrogens with zero attached hydrogens (tertiary/aromatic N) is 3. The minimum absolute atomic E-state index is 0. The quantitative estimate of drug-likeness (QED) is 0.296. The molecule has 2 aromatic rings. The SMILES string of the molecule is CN=C(NCCC(C)N(C)Cc1ccccc1)NCc1ncc(C)c(OC)c1C.I. The van der Waals surface area contributed by atoms with Crippen molar-refractivity contribution >= 4 is 29.9 Å². The first-order chi connectivity index (χ1) is 14.0. The van der Waals surface area contributed by atoms with E-state index in [0.717, 1.165) is 48.0 Å². The predicted octanol–water partition coefficient (Wildman–Crippen LogP) is 3.90. The number of aryl methyl sites for hydroxylation is 1. The number of ether oxygens (including phenoxy) is 1. The van der Waals surface area contributed by atoms with Crippen LogP contribution in [0, 0.1) is 13.8 Å². The van der Waals surface area contributed by atoms with E-state index in [9.17, 15) is 0 Å². The summed E-state index contributed by atoms with van der Waals surface area (Å²) >= 11 is 0. The summed E-state index contributed by atoms with van der Waals surface area (Å²) in [5.74, 6) is 1.68. The van der Waals surface area contributed by atoms with Gasteiger partial charge in [0.15, 0.2) is 5.96 Å². The monoisotopic (exact) mass is 525 g/mol. The van der Waals surface area contributed by atoms with Crippen LogP contribution in [0.25, 0.3) is 0 Å². The Morgan fingerprint density at radius 1 is 1.20 bits per heavy atom. The van der Waals surface area contributed by atoms with E-state index in [1.807, 2.05) is 20.0 Å². The molecule has 1 heterocycles. The number of halogens is 1. The van der Waals surface area contributed by atoms with Crippen LogP contribution < -0.4 is 15.4 Å². The van der Waals surface area contributed by atoms with Gasteiger partial charge in [0.25, 0.3) is 0 Å². The maximum atomic E-state index is 5.49. The zero-order chi connectivity index (χ0) is 21.2. The largest absolute Gasteiger partial charge is 0.496 e. The second-order valence-electron chi connectivity index (χ2n) is 7.44. The van der Waals surface area contributed by atoms with Crippen LogP contribution in [0.2, 0.25) is 0 Å². The third kappa shape index (κ3) is 7.75. The molecule has 6 nitrogen and oxygen atoms in total. The normalized spacial score (nSPS) is 12.3. The van der Waals surface area contributed by atoms with E-state index in [0.29, 0.717) is 12.6 Å². The standard InChI is InChI=1S/C23H35N5O.HI/c1-17-14-26-21(19(3)22(17)29-6)15-27-23(24-4)25-13-12-18(2)28(5)16-20-10-8-7-9-11-20;/h7-11,14,18H,12-13,15-16H2,1-6H3,(H2,24,25,27);1H. The Bertz CT molecular complexity index is 798. The maximum Gasteiger partial charge on any atom is 0.191 e. The molecule has 0 aliphatic heterocycles. The summed E-state index contributed by atoms with van der Waals surface area (Å²) < 4.78 is 5.49. The molecular formula is C23H36IN5O. The summed E-state index contributed by atoms with van der Waals surface area (Å²) in [6.07, 6.45) is 2.88. The first kappa shape index (κ1) is 26.2. The molecule has 0 radical (unpaired) electrons. The van der Waals surface area contributed by atoms with Gasteiger partial charge >= 0.3 is 0 Å². The van der Waals surface area contributed by atoms with Crippen LogP contribution in [-0.2, 0) is 13.1 Å². The second-order valence-corrected chi connectivity index (χ2v) is 7.44. The fourth-order valence-corrected chi connectivity index (χ4v) is 3.28. The molecule has 1 unspecified atom stereocenters. The number of rotatable bonds is 9. The van der Waals surface area contributed by atoms with Crippen molar-refractivity contribution < 1.29 is 4.74 Å². The van der Waals surface area contributed by atoms with Crippen molar-refractivity contribution in [2.75, 3.05) is 27.7 Å². The van der Waals surface area contributed by atoms with E-state index >= 15 is 0 Å². The molecule has 0 spiro atoms. The topological polar surface area (TPSA) is 61.8 Å². The van der Waals surface area contributed by atoms with Crippen molar-refractivity contribution in [3.8, 4) is 5.75 Å². The van der Waals surface area contributed by atoms with Gasteiger partial charge in [0.2, 0.25) is 0 Å². The average Bonchev–Trinajstić information content (AvgIpc) is 2.72. The van der Waals surface area contributed by atoms with Crippen molar-refractivity contribution in [1.29, 1.82) is 0 Å². The second kappa shape index (κ2) is 13.4. The van der Waals surface area contributed by atoms with E-state index < -0.39 is 0 Å². The number of aromatic nitrogens is 1. The lowest BCUT2D eigenvalue weighted by molar-refractivity contribution is 0.238. The summed E-state index contributed by atoms with van der Waals surface area (Å²) in [5, 5.41) is 6.75. The number of guanidine groups is 1. The Morgan fingerprint density at radius 3 is 2.53 bits per heavy atom. The Hall–Kier alpha value is -1.87. The fourth-order valence-electron chi connectivity index (χ4n) is 3.28. The van der Waals surface area contributed by atoms with E-state index in [1.165, 1.54) is 5.56 Å². The molecule has 0 fully saturated rings. The van der Waals surface area contributed by atoms with Gasteiger partial charge in [-0.2, -0.15) is 0 Å². The molecule has 1 aromatic carbocycles. The van der Waals surface area contributed by atoms with Gasteiger partial charge in [-0.1, -0.05) is 30.3 Å². The van der Waals surface area contributed by atoms with Crippen molar-refractivity contribution in [2.24, 2.45) is 4.99 Å². The molecule has 1 atom stereocenters. The fraction of sp³-hybridized carbons (Fsp3) is 0.478. The van der Waals surface area contributed by atoms with Crippen molar-refractivity contribution in [3.63, 3.8) is 0 Å². The maximum absolute atomic E-state index is 5.49. The average molecular weight is 525 g/mol. The van der Waals surface area contributed by atoms with Crippen molar-refractivity contribution in [1.82, 2.24) is 20.5 Å². The zero-order valence-corrected chi connectivity index (χ0v) is 21.4. The summed E-state index contributed by atoms with van der Waals surface area (Å²) in [7, 11) is 5.66. The molecule has 0 saturated carbocycles. The molecule has 0 amide bonds. The molecule has 0 saturated heterocycles. The zero-order valence-electron chi connectivity index (χ0n) is 19.0. The van der Waals surface area contributed by atoms with Crippen molar-refractivity contribution in [2.45, 2.75) is 46.3 Å². The summed E-state index contributed by atoms with van der Waals surface area (Å²) in [5.41, 5.74) is 4.41. The molecule has 7 heteroatoms. The Balaban J connectivity index is 0.00000450. The van der Waals surface area contributed by atoms with Crippen LogP contribution in [0.15, 0.2) is 41.5 Å². The van der Waals surface area contributed by atoms with E-state index in [2.05, 4.69) is 69.8 Å². The smallest absolute Gasteiger partial charge is 0.191 e. The van der Waals surface area contributed by atoms with Crippen LogP contribution in [-0.4, -0.2) is 49.6 Å². The number of hydrogen-bond donors (Lipinski definition) is 2. The first-order valence-corrected chi connectivity index (χ1v) is 10.1. The number of methoxy groups -OCH3 is 1. The first-order valence-electron chi connectivity index (χ1n) is 10.1. The number of nitrogens with one attached hydrogen (secondary N) is 2. The highest BCUT2D eigenvalue weighted by molar-refractivity contribution is 14.0. The van der Waals surface area contributed by atoms with Gasteiger partial charge in [0.1, 0.15) is 5.75 Å². The van der Waals surface area contributed by atoms with E-state index in [4.69, 9.17) is 4.74 Å². The highest BCUT2D eigenvalue weighted by Gasteiger charge is 2.11. The minimum atomic E-state index is 0. The summed E-state index contributed by atoms with van der Waals surface area (Å²) in [6, 6.07) is 11.0. The van der Waals surface area contributed by atoms with Crippen LogP contribution in [0.3, 0.4) is 0 Å². The number of hydrogen-bond acceptors (Lipinski definition) is 4. The highest BCUT2D eigenvalue weighted by Crippen LogP contribution is 2.23. The molecule has 30 heavy (non-hydrogen) atoms. The number of benzene rings is 1. The third-order valence-electron chi connectivity index (χ3n) is 5.28. The lowest BCUT2D eigenvalue weighted by Crippen LogP contribution is -2.40. The van der Waals surface area contributed by atoms with Crippen LogP contribution in [0.4, 0.5) is 0 Å². The van der Waals surface area contributed by atoms with Gasteiger partial charge in [-0.3, -0.25) is 14.9 Å². The van der Waals surface area contributed by atoms with E-state index in [-0.39, 0.29) is 24.0 Å². The number of pyridine rings is 1. The molecular weight excluding hydrogens is 489 g/mol. The van der Waals surface area contributed by atoms with Gasteiger partial charge in [-0.05, 0) is 39.8 Å². The molecule has 0 aliphatic carbocycles. The van der Waals surface area contributed by atoms with E-state index in [1.54, 1.807) is 14.2 Å². The molecule has 2 rings (SSSR count). The molecule has 0 bridgehead atoms. The van der Waals surface area contributed by atoms with Gasteiger partial charge in [0.05, 0.1) is 19.3 Å². The van der Waals surface area contributed by atoms with Crippen LogP contribution in [0.5, 0.6) is 5.75 Å². The van der Waals surface area contributed by atoms with Gasteiger partial charge in [-0.25, -0.2) is 0 Å². The molecule has 1 aromatic heterocycles. The predicted molar refractivity (Wildman–Crippen MR) is 136 cm³/mol. The minimum Gasteiger partial charge on any atom is -0.496 e. The van der Waals surface area contributed by atoms with Gasteiger partial charge in [-0.15, -0.1) is 24.0 Å². The molecule has 2 N–H and O–H groups in total. The summed E-state index contributed by atoms with van der Waals surface area (Å²) in [6.45, 7) is 8.71. The Kier molecular flexibility index (Phi) is 11.7. The highest BCUT2D eigenvalue weighted by atomic mass is 127. The Labute approximate surface area is 198 Å². The lowest BCUT2D eigenvalue weighted by atomic mass is 10.1. The van der Waals surface area contributed by atoms with Crippen LogP contribution in [0.1, 0.15) is 35.7 Å².